The number of ketones is 1. The van der Waals surface area contributed by atoms with Gasteiger partial charge in [0, 0.05) is 36.6 Å². The van der Waals surface area contributed by atoms with E-state index in [2.05, 4.69) is 16.0 Å². The van der Waals surface area contributed by atoms with Crippen molar-refractivity contribution in [3.63, 3.8) is 0 Å². The van der Waals surface area contributed by atoms with E-state index < -0.39 is 72.1 Å². The first-order valence-electron chi connectivity index (χ1n) is 21.0. The van der Waals surface area contributed by atoms with Crippen molar-refractivity contribution >= 4 is 46.7 Å². The maximum atomic E-state index is 14.6. The number of fused-ring (bicyclic) bond motifs is 16. The van der Waals surface area contributed by atoms with Gasteiger partial charge < -0.3 is 30.7 Å². The number of carbonyl (C=O) groups excluding carboxylic acids is 5. The first-order valence-corrected chi connectivity index (χ1v) is 21.9. The van der Waals surface area contributed by atoms with Crippen molar-refractivity contribution in [1.29, 1.82) is 0 Å². The van der Waals surface area contributed by atoms with Gasteiger partial charge in [-0.05, 0) is 83.5 Å². The van der Waals surface area contributed by atoms with E-state index in [-0.39, 0.29) is 38.6 Å². The van der Waals surface area contributed by atoms with Crippen molar-refractivity contribution in [3.8, 4) is 16.9 Å². The predicted molar refractivity (Wildman–Crippen MR) is 235 cm³/mol. The van der Waals surface area contributed by atoms with Gasteiger partial charge in [-0.15, -0.1) is 11.3 Å². The molecule has 12 nitrogen and oxygen atoms in total. The third-order valence-electron chi connectivity index (χ3n) is 11.4. The summed E-state index contributed by atoms with van der Waals surface area (Å²) in [4.78, 5) is 85.6. The fraction of sp³-hybridized carbons (Fsp3) is 0.306. The van der Waals surface area contributed by atoms with Crippen LogP contribution < -0.4 is 20.7 Å². The maximum absolute atomic E-state index is 14.6. The molecule has 8 rings (SSSR count). The molecule has 2 bridgehead atoms. The maximum Gasteiger partial charge on any atom is 0.326 e. The number of carboxylic acid groups (broad SMARTS) is 1. The number of aliphatic carboxylic acids is 1. The molecule has 5 atom stereocenters. The average molecular weight is 855 g/mol. The minimum absolute atomic E-state index is 0.0651. The van der Waals surface area contributed by atoms with Gasteiger partial charge in [0.1, 0.15) is 23.9 Å². The molecule has 3 aliphatic rings. The second-order valence-corrected chi connectivity index (χ2v) is 16.9. The summed E-state index contributed by atoms with van der Waals surface area (Å²) >= 11 is 1.43. The zero-order chi connectivity index (χ0) is 43.4. The average Bonchev–Trinajstić information content (AvgIpc) is 4.01. The minimum atomic E-state index is -1.17. The summed E-state index contributed by atoms with van der Waals surface area (Å²) in [6.07, 6.45) is 1.55. The normalized spacial score (nSPS) is 21.4. The van der Waals surface area contributed by atoms with Crippen LogP contribution in [0.15, 0.2) is 127 Å². The van der Waals surface area contributed by atoms with Gasteiger partial charge in [0.05, 0.1) is 6.04 Å². The van der Waals surface area contributed by atoms with Crippen LogP contribution in [0.1, 0.15) is 47.3 Å². The van der Waals surface area contributed by atoms with E-state index >= 15 is 0 Å². The molecule has 0 saturated carbocycles. The Morgan fingerprint density at radius 1 is 0.694 bits per heavy atom. The number of carboxylic acids is 1. The first kappa shape index (κ1) is 43.5. The largest absolute Gasteiger partial charge is 0.484 e. The fourth-order valence-corrected chi connectivity index (χ4v) is 8.86. The second kappa shape index (κ2) is 20.8. The molecule has 62 heavy (non-hydrogen) atoms. The third kappa shape index (κ3) is 11.6. The molecular weight excluding hydrogens is 805 g/mol. The Kier molecular flexibility index (Phi) is 14.6. The summed E-state index contributed by atoms with van der Waals surface area (Å²) in [6.45, 7) is -0.139. The van der Waals surface area contributed by atoms with E-state index in [0.29, 0.717) is 30.6 Å². The quantitative estimate of drug-likeness (QED) is 0.132. The van der Waals surface area contributed by atoms with Crippen LogP contribution in [0.25, 0.3) is 11.1 Å². The number of benzene rings is 4. The van der Waals surface area contributed by atoms with E-state index in [1.54, 1.807) is 24.3 Å². The molecule has 3 aliphatic heterocycles. The molecule has 0 radical (unpaired) electrons. The Balaban J connectivity index is 1.23. The van der Waals surface area contributed by atoms with Crippen molar-refractivity contribution < 1.29 is 38.6 Å². The highest BCUT2D eigenvalue weighted by Crippen LogP contribution is 2.26. The lowest BCUT2D eigenvalue weighted by Crippen LogP contribution is -2.57. The lowest BCUT2D eigenvalue weighted by atomic mass is 9.89. The van der Waals surface area contributed by atoms with Gasteiger partial charge in [-0.3, -0.25) is 24.0 Å². The molecule has 4 heterocycles. The molecular formula is C49H50N4O8S. The Morgan fingerprint density at radius 3 is 2.03 bits per heavy atom. The highest BCUT2D eigenvalue weighted by Gasteiger charge is 2.39. The molecule has 1 fully saturated rings. The highest BCUT2D eigenvalue weighted by atomic mass is 32.1. The number of ether oxygens (including phenoxy) is 1. The lowest BCUT2D eigenvalue weighted by molar-refractivity contribution is -0.150. The first-order chi connectivity index (χ1) is 30.1. The van der Waals surface area contributed by atoms with Gasteiger partial charge in [-0.25, -0.2) is 4.79 Å². The number of nitrogens with zero attached hydrogens (tertiary/aromatic N) is 1. The Hall–Kier alpha value is -6.60. The standard InChI is InChI=1S/C49H50N4O8S/c54-44-29-37(48(58)53-25-7-14-43(53)49(59)60)27-33-17-22-38(23-18-33)61-31-45(55)50-42(30-39-13-8-26-62-39)47(57)52-41(46(56)51-40(44)24-19-32-9-3-1-4-10-32)28-34-15-20-36(21-16-34)35-11-5-2-6-12-35/h1-6,8-13,15-18,20-23,26,37,40-43H,7,14,19,24-25,27-31H2,(H,50,55)(H,51,56)(H,52,57)(H,59,60)/t37-,40-,41+,42-,43-/m1/s1. The number of carbonyl (C=O) groups is 6. The van der Waals surface area contributed by atoms with E-state index in [1.807, 2.05) is 102 Å². The Labute approximate surface area is 364 Å². The highest BCUT2D eigenvalue weighted by molar-refractivity contribution is 7.09. The topological polar surface area (TPSA) is 171 Å². The summed E-state index contributed by atoms with van der Waals surface area (Å²) in [5.74, 6) is -4.24. The Morgan fingerprint density at radius 2 is 1.35 bits per heavy atom. The number of aryl methyl sites for hydroxylation is 1. The molecule has 4 aromatic carbocycles. The smallest absolute Gasteiger partial charge is 0.326 e. The fourth-order valence-electron chi connectivity index (χ4n) is 8.11. The second-order valence-electron chi connectivity index (χ2n) is 15.8. The van der Waals surface area contributed by atoms with Crippen molar-refractivity contribution in [2.75, 3.05) is 13.2 Å². The predicted octanol–water partition coefficient (Wildman–Crippen LogP) is 5.57. The number of rotatable bonds is 10. The summed E-state index contributed by atoms with van der Waals surface area (Å²) in [5.41, 5.74) is 4.38. The molecule has 13 heteroatoms. The van der Waals surface area contributed by atoms with E-state index in [9.17, 15) is 33.9 Å². The third-order valence-corrected chi connectivity index (χ3v) is 12.3. The molecule has 0 spiro atoms. The van der Waals surface area contributed by atoms with Crippen molar-refractivity contribution in [3.05, 3.63) is 148 Å². The molecule has 1 saturated heterocycles. The molecule has 1 aromatic heterocycles. The Bertz CT molecular complexity index is 2320. The number of Topliss-reactive ketones (excluding diaryl/α,β-unsaturated/α-hetero) is 1. The van der Waals surface area contributed by atoms with Gasteiger partial charge in [-0.2, -0.15) is 0 Å². The van der Waals surface area contributed by atoms with Crippen LogP contribution in [-0.2, 0) is 54.5 Å². The van der Waals surface area contributed by atoms with Crippen molar-refractivity contribution in [2.45, 2.75) is 75.5 Å². The SMILES string of the molecule is O=C1COc2ccc(cc2)C[C@@H](C(=O)N2CCC[C@@H]2C(=O)O)CC(=O)[C@@H](CCc2ccccc2)NC(=O)[C@H](Cc2ccc(-c3ccccc3)cc2)NC(=O)[C@@H](Cc2cccs2)N1. The van der Waals surface area contributed by atoms with Gasteiger partial charge in [0.15, 0.2) is 12.4 Å². The summed E-state index contributed by atoms with van der Waals surface area (Å²) in [5, 5.41) is 20.5. The van der Waals surface area contributed by atoms with Gasteiger partial charge in [0.2, 0.25) is 17.7 Å². The number of amides is 4. The number of likely N-dealkylation sites (tertiary alicyclic amines) is 1. The number of hydrogen-bond donors (Lipinski definition) is 4. The monoisotopic (exact) mass is 854 g/mol. The molecule has 0 aliphatic carbocycles. The number of hydrogen-bond acceptors (Lipinski definition) is 8. The molecule has 0 unspecified atom stereocenters. The van der Waals surface area contributed by atoms with Crippen molar-refractivity contribution in [2.24, 2.45) is 5.92 Å². The summed E-state index contributed by atoms with van der Waals surface area (Å²) < 4.78 is 5.80. The summed E-state index contributed by atoms with van der Waals surface area (Å²) in [7, 11) is 0. The van der Waals surface area contributed by atoms with Crippen LogP contribution in [0.4, 0.5) is 0 Å². The molecule has 4 amide bonds. The van der Waals surface area contributed by atoms with Crippen LogP contribution in [-0.4, -0.2) is 82.7 Å². The van der Waals surface area contributed by atoms with E-state index in [0.717, 1.165) is 27.1 Å². The molecule has 4 N–H and O–H groups in total. The number of nitrogens with one attached hydrogen (secondary N) is 3. The van der Waals surface area contributed by atoms with Crippen LogP contribution >= 0.6 is 11.3 Å². The lowest BCUT2D eigenvalue weighted by Gasteiger charge is -2.28. The van der Waals surface area contributed by atoms with Crippen LogP contribution in [0, 0.1) is 5.92 Å². The zero-order valence-corrected chi connectivity index (χ0v) is 35.1. The van der Waals surface area contributed by atoms with Gasteiger partial charge >= 0.3 is 5.97 Å². The van der Waals surface area contributed by atoms with Gasteiger partial charge in [0.25, 0.3) is 5.91 Å². The van der Waals surface area contributed by atoms with Crippen LogP contribution in [0.5, 0.6) is 5.75 Å². The van der Waals surface area contributed by atoms with Crippen LogP contribution in [0.3, 0.4) is 0 Å². The van der Waals surface area contributed by atoms with Crippen molar-refractivity contribution in [1.82, 2.24) is 20.9 Å². The number of thiophene rings is 1. The minimum Gasteiger partial charge on any atom is -0.484 e. The summed E-state index contributed by atoms with van der Waals surface area (Å²) in [6, 6.07) is 33.2. The van der Waals surface area contributed by atoms with Crippen LogP contribution in [0.2, 0.25) is 0 Å². The molecule has 320 valence electrons. The van der Waals surface area contributed by atoms with E-state index in [1.165, 1.54) is 16.2 Å². The van der Waals surface area contributed by atoms with E-state index in [4.69, 9.17) is 4.74 Å². The zero-order valence-electron chi connectivity index (χ0n) is 34.2. The van der Waals surface area contributed by atoms with Gasteiger partial charge in [-0.1, -0.05) is 103 Å². The molecule has 5 aromatic rings.